The Morgan fingerprint density at radius 3 is 2.62 bits per heavy atom. The fraction of sp³-hybridized carbons (Fsp3) is 1.00. The van der Waals surface area contributed by atoms with E-state index >= 15 is 0 Å². The lowest BCUT2D eigenvalue weighted by Crippen LogP contribution is -2.36. The number of nitrogens with zero attached hydrogens (tertiary/aromatic N) is 1. The van der Waals surface area contributed by atoms with Crippen molar-refractivity contribution in [2.24, 2.45) is 5.92 Å². The van der Waals surface area contributed by atoms with Gasteiger partial charge in [-0.1, -0.05) is 6.42 Å². The van der Waals surface area contributed by atoms with Crippen LogP contribution in [0.2, 0.25) is 0 Å². The molecule has 0 amide bonds. The summed E-state index contributed by atoms with van der Waals surface area (Å²) in [5.74, 6) is -2.72. The van der Waals surface area contributed by atoms with E-state index in [1.165, 1.54) is 0 Å². The van der Waals surface area contributed by atoms with E-state index in [4.69, 9.17) is 0 Å². The molecular weight excluding hydrogens is 172 g/mol. The Labute approximate surface area is 78.1 Å². The molecule has 0 spiro atoms. The minimum Gasteiger partial charge on any atom is -0.292 e. The molecule has 76 valence electrons. The maximum atomic E-state index is 13.3. The van der Waals surface area contributed by atoms with Gasteiger partial charge in [-0.3, -0.25) is 4.90 Å². The Hall–Kier alpha value is -0.180. The van der Waals surface area contributed by atoms with E-state index < -0.39 is 12.0 Å². The van der Waals surface area contributed by atoms with Gasteiger partial charge in [-0.15, -0.1) is 0 Å². The zero-order chi connectivity index (χ0) is 9.64. The van der Waals surface area contributed by atoms with Crippen LogP contribution < -0.4 is 0 Å². The molecule has 2 rings (SSSR count). The Kier molecular flexibility index (Phi) is 2.10. The number of hydrogen-bond donors (Lipinski definition) is 0. The van der Waals surface area contributed by atoms with Crippen LogP contribution in [0.5, 0.6) is 0 Å². The van der Waals surface area contributed by atoms with Crippen LogP contribution in [-0.4, -0.2) is 29.5 Å². The number of alkyl halides is 2. The molecule has 0 N–H and O–H groups in total. The van der Waals surface area contributed by atoms with Gasteiger partial charge in [-0.2, -0.15) is 0 Å². The number of fused-ring (bicyclic) bond motifs is 1. The van der Waals surface area contributed by atoms with Crippen molar-refractivity contribution in [2.45, 2.75) is 51.1 Å². The third-order valence-corrected chi connectivity index (χ3v) is 3.36. The quantitative estimate of drug-likeness (QED) is 0.612. The van der Waals surface area contributed by atoms with E-state index in [0.717, 1.165) is 25.8 Å². The van der Waals surface area contributed by atoms with Gasteiger partial charge < -0.3 is 0 Å². The lowest BCUT2D eigenvalue weighted by Gasteiger charge is -2.25. The van der Waals surface area contributed by atoms with Crippen LogP contribution in [0.15, 0.2) is 0 Å². The lowest BCUT2D eigenvalue weighted by molar-refractivity contribution is 0.0504. The van der Waals surface area contributed by atoms with E-state index in [1.807, 2.05) is 18.7 Å². The highest BCUT2D eigenvalue weighted by atomic mass is 19.3. The van der Waals surface area contributed by atoms with Gasteiger partial charge in [-0.05, 0) is 33.2 Å². The molecule has 0 bridgehead atoms. The van der Waals surface area contributed by atoms with Crippen molar-refractivity contribution < 1.29 is 8.78 Å². The van der Waals surface area contributed by atoms with Crippen molar-refractivity contribution in [1.82, 2.24) is 4.90 Å². The van der Waals surface area contributed by atoms with Crippen molar-refractivity contribution in [3.05, 3.63) is 0 Å². The van der Waals surface area contributed by atoms with E-state index in [2.05, 4.69) is 0 Å². The molecule has 1 heterocycles. The smallest absolute Gasteiger partial charge is 0.268 e. The second-order valence-electron chi connectivity index (χ2n) is 4.55. The molecule has 3 heteroatoms. The molecule has 0 aromatic heterocycles. The lowest BCUT2D eigenvalue weighted by atomic mass is 10.2. The molecule has 2 aliphatic rings. The fourth-order valence-corrected chi connectivity index (χ4v) is 2.55. The summed E-state index contributed by atoms with van der Waals surface area (Å²) in [6.45, 7) is 4.88. The first-order chi connectivity index (χ1) is 6.05. The van der Waals surface area contributed by atoms with Gasteiger partial charge in [0.1, 0.15) is 0 Å². The second-order valence-corrected chi connectivity index (χ2v) is 4.55. The van der Waals surface area contributed by atoms with Crippen LogP contribution in [0.4, 0.5) is 8.78 Å². The molecule has 0 radical (unpaired) electrons. The fourth-order valence-electron chi connectivity index (χ4n) is 2.55. The van der Waals surface area contributed by atoms with Gasteiger partial charge in [-0.25, -0.2) is 8.78 Å². The highest BCUT2D eigenvalue weighted by molar-refractivity contribution is 5.13. The third kappa shape index (κ3) is 1.37. The summed E-state index contributed by atoms with van der Waals surface area (Å²) in [4.78, 5) is 1.98. The highest BCUT2D eigenvalue weighted by Crippen LogP contribution is 2.56. The summed E-state index contributed by atoms with van der Waals surface area (Å²) in [6, 6.07) is -0.172. The summed E-state index contributed by atoms with van der Waals surface area (Å²) in [6.07, 6.45) is 2.78. The minimum atomic E-state index is -2.38. The molecule has 1 aliphatic carbocycles. The Morgan fingerprint density at radius 1 is 1.31 bits per heavy atom. The second kappa shape index (κ2) is 2.91. The summed E-state index contributed by atoms with van der Waals surface area (Å²) in [5, 5.41) is 0. The van der Waals surface area contributed by atoms with Crippen molar-refractivity contribution >= 4 is 0 Å². The first-order valence-corrected chi connectivity index (χ1v) is 5.18. The Balaban J connectivity index is 2.11. The summed E-state index contributed by atoms with van der Waals surface area (Å²) in [7, 11) is 0. The minimum absolute atomic E-state index is 0.263. The van der Waals surface area contributed by atoms with Crippen LogP contribution in [0.3, 0.4) is 0 Å². The van der Waals surface area contributed by atoms with Crippen molar-refractivity contribution in [2.75, 3.05) is 6.54 Å². The van der Waals surface area contributed by atoms with Crippen molar-refractivity contribution in [3.63, 3.8) is 0 Å². The topological polar surface area (TPSA) is 3.24 Å². The summed E-state index contributed by atoms with van der Waals surface area (Å²) < 4.78 is 26.5. The van der Waals surface area contributed by atoms with Gasteiger partial charge >= 0.3 is 0 Å². The number of rotatable bonds is 1. The molecule has 1 nitrogen and oxygen atoms in total. The molecule has 2 unspecified atom stereocenters. The number of likely N-dealkylation sites (tertiary alicyclic amines) is 1. The zero-order valence-electron chi connectivity index (χ0n) is 8.26. The average molecular weight is 189 g/mol. The van der Waals surface area contributed by atoms with E-state index in [-0.39, 0.29) is 12.0 Å². The molecule has 2 fully saturated rings. The van der Waals surface area contributed by atoms with Crippen LogP contribution in [-0.2, 0) is 0 Å². The maximum absolute atomic E-state index is 13.3. The van der Waals surface area contributed by atoms with E-state index in [0.29, 0.717) is 0 Å². The molecule has 1 saturated heterocycles. The number of halogens is 2. The molecule has 0 aromatic rings. The largest absolute Gasteiger partial charge is 0.292 e. The van der Waals surface area contributed by atoms with E-state index in [1.54, 1.807) is 0 Å². The zero-order valence-corrected chi connectivity index (χ0v) is 8.26. The molecular formula is C10H17F2N. The van der Waals surface area contributed by atoms with E-state index in [9.17, 15) is 8.78 Å². The van der Waals surface area contributed by atoms with Crippen LogP contribution in [0.1, 0.15) is 33.1 Å². The molecule has 1 saturated carbocycles. The monoisotopic (exact) mass is 189 g/mol. The predicted molar refractivity (Wildman–Crippen MR) is 47.9 cm³/mol. The molecule has 0 aromatic carbocycles. The van der Waals surface area contributed by atoms with Crippen molar-refractivity contribution in [1.29, 1.82) is 0 Å². The first kappa shape index (κ1) is 9.38. The normalized spacial score (nSPS) is 38.5. The molecule has 2 atom stereocenters. The average Bonchev–Trinajstić information content (AvgIpc) is 2.63. The van der Waals surface area contributed by atoms with Gasteiger partial charge in [0.15, 0.2) is 0 Å². The van der Waals surface area contributed by atoms with Crippen LogP contribution in [0, 0.1) is 5.92 Å². The standard InChI is InChI=1S/C10H17F2N/c1-7(2)13-6-4-3-5-8-9(13)10(8,11)12/h7-9H,3-6H2,1-2H3. The SMILES string of the molecule is CC(C)N1CCCCC2C1C2(F)F. The Morgan fingerprint density at radius 2 is 2.00 bits per heavy atom. The summed E-state index contributed by atoms with van der Waals surface area (Å²) in [5.41, 5.74) is 0. The first-order valence-electron chi connectivity index (χ1n) is 5.18. The summed E-state index contributed by atoms with van der Waals surface area (Å²) >= 11 is 0. The third-order valence-electron chi connectivity index (χ3n) is 3.36. The molecule has 13 heavy (non-hydrogen) atoms. The van der Waals surface area contributed by atoms with Crippen LogP contribution >= 0.6 is 0 Å². The number of hydrogen-bond acceptors (Lipinski definition) is 1. The van der Waals surface area contributed by atoms with Gasteiger partial charge in [0.05, 0.1) is 6.04 Å². The van der Waals surface area contributed by atoms with Gasteiger partial charge in [0, 0.05) is 12.0 Å². The van der Waals surface area contributed by atoms with Gasteiger partial charge in [0.25, 0.3) is 5.92 Å². The highest BCUT2D eigenvalue weighted by Gasteiger charge is 2.70. The predicted octanol–water partition coefficient (Wildman–Crippen LogP) is 2.51. The molecule has 1 aliphatic heterocycles. The van der Waals surface area contributed by atoms with Crippen LogP contribution in [0.25, 0.3) is 0 Å². The van der Waals surface area contributed by atoms with Crippen molar-refractivity contribution in [3.8, 4) is 0 Å². The van der Waals surface area contributed by atoms with Gasteiger partial charge in [0.2, 0.25) is 0 Å². The maximum Gasteiger partial charge on any atom is 0.268 e. The Bertz CT molecular complexity index is 203.